The molecule has 1 aliphatic rings. The molecule has 1 fully saturated rings. The first-order valence-electron chi connectivity index (χ1n) is 8.02. The number of halogens is 1. The number of urea groups is 1. The van der Waals surface area contributed by atoms with E-state index in [1.54, 1.807) is 17.1 Å². The van der Waals surface area contributed by atoms with E-state index >= 15 is 0 Å². The lowest BCUT2D eigenvalue weighted by Gasteiger charge is -2.22. The number of hydrogen-bond acceptors (Lipinski definition) is 4. The third-order valence-electron chi connectivity index (χ3n) is 4.62. The van der Waals surface area contributed by atoms with Gasteiger partial charge in [-0.2, -0.15) is 5.10 Å². The number of imide groups is 1. The number of nitrogens with zero attached hydrogens (tertiary/aromatic N) is 4. The highest BCUT2D eigenvalue weighted by atomic mass is 79.9. The standard InChI is InChI=1S/C17H20BrN5O2/c1-9-15(10(2)22(4)21-9)11(3)23-16(24)14(20-17(23)25)6-12-5-13(18)8-19-7-12/h5,7-8,11,14H,6H2,1-4H3,(H,20,25). The zero-order chi connectivity index (χ0) is 18.3. The van der Waals surface area contributed by atoms with Crippen molar-refractivity contribution in [2.45, 2.75) is 39.3 Å². The molecule has 2 atom stereocenters. The van der Waals surface area contributed by atoms with Crippen molar-refractivity contribution in [3.05, 3.63) is 45.4 Å². The maximum atomic E-state index is 12.8. The van der Waals surface area contributed by atoms with Gasteiger partial charge in [-0.15, -0.1) is 0 Å². The zero-order valence-electron chi connectivity index (χ0n) is 14.6. The molecule has 1 saturated heterocycles. The molecule has 0 bridgehead atoms. The van der Waals surface area contributed by atoms with Gasteiger partial charge in [-0.3, -0.25) is 19.4 Å². The van der Waals surface area contributed by atoms with E-state index in [0.29, 0.717) is 6.42 Å². The Morgan fingerprint density at radius 3 is 2.64 bits per heavy atom. The highest BCUT2D eigenvalue weighted by molar-refractivity contribution is 9.10. The van der Waals surface area contributed by atoms with Gasteiger partial charge in [0.2, 0.25) is 0 Å². The fraction of sp³-hybridized carbons (Fsp3) is 0.412. The fourth-order valence-corrected chi connectivity index (χ4v) is 3.79. The van der Waals surface area contributed by atoms with Gasteiger partial charge in [-0.1, -0.05) is 0 Å². The Morgan fingerprint density at radius 1 is 1.32 bits per heavy atom. The normalized spacial score (nSPS) is 18.6. The summed E-state index contributed by atoms with van der Waals surface area (Å²) in [5, 5.41) is 7.17. The highest BCUT2D eigenvalue weighted by Gasteiger charge is 2.42. The summed E-state index contributed by atoms with van der Waals surface area (Å²) in [7, 11) is 1.85. The van der Waals surface area contributed by atoms with E-state index in [2.05, 4.69) is 31.3 Å². The predicted octanol–water partition coefficient (Wildman–Crippen LogP) is 2.42. The Bertz CT molecular complexity index is 848. The van der Waals surface area contributed by atoms with Gasteiger partial charge in [0, 0.05) is 41.6 Å². The Balaban J connectivity index is 1.83. The summed E-state index contributed by atoms with van der Waals surface area (Å²) in [5.41, 5.74) is 3.57. The van der Waals surface area contributed by atoms with E-state index in [9.17, 15) is 9.59 Å². The number of nitrogens with one attached hydrogen (secondary N) is 1. The average Bonchev–Trinajstić information content (AvgIpc) is 2.95. The molecule has 132 valence electrons. The van der Waals surface area contributed by atoms with Crippen molar-refractivity contribution in [1.29, 1.82) is 0 Å². The van der Waals surface area contributed by atoms with Crippen LogP contribution in [0.5, 0.6) is 0 Å². The van der Waals surface area contributed by atoms with Gasteiger partial charge in [0.1, 0.15) is 6.04 Å². The molecule has 2 aromatic heterocycles. The first-order valence-corrected chi connectivity index (χ1v) is 8.82. The number of aromatic nitrogens is 3. The molecular weight excluding hydrogens is 386 g/mol. The molecule has 0 saturated carbocycles. The average molecular weight is 406 g/mol. The van der Waals surface area contributed by atoms with Crippen molar-refractivity contribution in [2.75, 3.05) is 0 Å². The van der Waals surface area contributed by atoms with E-state index in [0.717, 1.165) is 27.0 Å². The summed E-state index contributed by atoms with van der Waals surface area (Å²) in [6.07, 6.45) is 3.79. The second-order valence-corrected chi connectivity index (χ2v) is 7.23. The lowest BCUT2D eigenvalue weighted by molar-refractivity contribution is -0.128. The lowest BCUT2D eigenvalue weighted by Crippen LogP contribution is -2.35. The fourth-order valence-electron chi connectivity index (χ4n) is 3.38. The van der Waals surface area contributed by atoms with Crippen molar-refractivity contribution in [2.24, 2.45) is 7.05 Å². The van der Waals surface area contributed by atoms with Gasteiger partial charge in [0.15, 0.2) is 0 Å². The predicted molar refractivity (Wildman–Crippen MR) is 95.9 cm³/mol. The van der Waals surface area contributed by atoms with Gasteiger partial charge in [-0.25, -0.2) is 4.79 Å². The summed E-state index contributed by atoms with van der Waals surface area (Å²) in [4.78, 5) is 30.7. The van der Waals surface area contributed by atoms with Crippen LogP contribution in [0.15, 0.2) is 22.9 Å². The Labute approximate surface area is 154 Å². The molecular formula is C17H20BrN5O2. The molecule has 3 heterocycles. The van der Waals surface area contributed by atoms with Crippen molar-refractivity contribution < 1.29 is 9.59 Å². The maximum absolute atomic E-state index is 12.8. The highest BCUT2D eigenvalue weighted by Crippen LogP contribution is 2.29. The molecule has 0 spiro atoms. The van der Waals surface area contributed by atoms with Gasteiger partial charge in [-0.05, 0) is 48.3 Å². The second kappa shape index (κ2) is 6.59. The summed E-state index contributed by atoms with van der Waals surface area (Å²) < 4.78 is 2.61. The molecule has 3 amide bonds. The van der Waals surface area contributed by atoms with Crippen LogP contribution >= 0.6 is 15.9 Å². The number of hydrogen-bond donors (Lipinski definition) is 1. The number of pyridine rings is 1. The van der Waals surface area contributed by atoms with Crippen LogP contribution in [0.4, 0.5) is 4.79 Å². The largest absolute Gasteiger partial charge is 0.325 e. The minimum Gasteiger partial charge on any atom is -0.325 e. The van der Waals surface area contributed by atoms with Crippen LogP contribution in [0, 0.1) is 13.8 Å². The second-order valence-electron chi connectivity index (χ2n) is 6.31. The van der Waals surface area contributed by atoms with Crippen molar-refractivity contribution in [3.8, 4) is 0 Å². The number of amides is 3. The minimum atomic E-state index is -0.580. The van der Waals surface area contributed by atoms with Gasteiger partial charge in [0.05, 0.1) is 11.7 Å². The molecule has 3 rings (SSSR count). The quantitative estimate of drug-likeness (QED) is 0.791. The van der Waals surface area contributed by atoms with Crippen molar-refractivity contribution in [3.63, 3.8) is 0 Å². The molecule has 8 heteroatoms. The van der Waals surface area contributed by atoms with Crippen LogP contribution in [0.1, 0.15) is 35.5 Å². The molecule has 0 radical (unpaired) electrons. The van der Waals surface area contributed by atoms with Crippen LogP contribution in [-0.2, 0) is 18.3 Å². The van der Waals surface area contributed by atoms with Crippen LogP contribution in [0.25, 0.3) is 0 Å². The van der Waals surface area contributed by atoms with Gasteiger partial charge >= 0.3 is 6.03 Å². The Kier molecular flexibility index (Phi) is 4.64. The summed E-state index contributed by atoms with van der Waals surface area (Å²) in [6, 6.07) is 0.580. The van der Waals surface area contributed by atoms with E-state index in [4.69, 9.17) is 0 Å². The molecule has 7 nitrogen and oxygen atoms in total. The van der Waals surface area contributed by atoms with Crippen LogP contribution in [-0.4, -0.2) is 37.6 Å². The van der Waals surface area contributed by atoms with Crippen LogP contribution < -0.4 is 5.32 Å². The summed E-state index contributed by atoms with van der Waals surface area (Å²) >= 11 is 3.37. The smallest absolute Gasteiger partial charge is 0.325 e. The number of carbonyl (C=O) groups is 2. The Morgan fingerprint density at radius 2 is 2.04 bits per heavy atom. The van der Waals surface area contributed by atoms with E-state index < -0.39 is 6.04 Å². The van der Waals surface area contributed by atoms with Crippen LogP contribution in [0.2, 0.25) is 0 Å². The van der Waals surface area contributed by atoms with Gasteiger partial charge < -0.3 is 5.32 Å². The summed E-state index contributed by atoms with van der Waals surface area (Å²) in [6.45, 7) is 5.69. The first kappa shape index (κ1) is 17.6. The third-order valence-corrected chi connectivity index (χ3v) is 5.06. The Hall–Kier alpha value is -2.22. The van der Waals surface area contributed by atoms with E-state index in [1.165, 1.54) is 4.90 Å². The number of rotatable bonds is 4. The molecule has 25 heavy (non-hydrogen) atoms. The van der Waals surface area contributed by atoms with E-state index in [1.807, 2.05) is 33.9 Å². The molecule has 2 unspecified atom stereocenters. The van der Waals surface area contributed by atoms with E-state index in [-0.39, 0.29) is 18.0 Å². The number of aryl methyl sites for hydroxylation is 2. The molecule has 1 aliphatic heterocycles. The molecule has 1 N–H and O–H groups in total. The summed E-state index contributed by atoms with van der Waals surface area (Å²) in [5.74, 6) is -0.222. The third kappa shape index (κ3) is 3.18. The molecule has 0 aliphatic carbocycles. The SMILES string of the molecule is Cc1nn(C)c(C)c1C(C)N1C(=O)NC(Cc2cncc(Br)c2)C1=O. The first-order chi connectivity index (χ1) is 11.8. The van der Waals surface area contributed by atoms with Crippen molar-refractivity contribution >= 4 is 27.9 Å². The maximum Gasteiger partial charge on any atom is 0.325 e. The van der Waals surface area contributed by atoms with Crippen LogP contribution in [0.3, 0.4) is 0 Å². The van der Waals surface area contributed by atoms with Crippen molar-refractivity contribution in [1.82, 2.24) is 25.0 Å². The van der Waals surface area contributed by atoms with Gasteiger partial charge in [0.25, 0.3) is 5.91 Å². The zero-order valence-corrected chi connectivity index (χ0v) is 16.2. The lowest BCUT2D eigenvalue weighted by atomic mass is 10.0. The molecule has 2 aromatic rings. The number of carbonyl (C=O) groups excluding carboxylic acids is 2. The minimum absolute atomic E-state index is 0.222. The molecule has 0 aromatic carbocycles. The monoisotopic (exact) mass is 405 g/mol. The topological polar surface area (TPSA) is 80.1 Å².